The van der Waals surface area contributed by atoms with Gasteiger partial charge in [-0.15, -0.1) is 0 Å². The number of aliphatic imine (C=N–C) groups is 1. The molecule has 0 aliphatic rings. The van der Waals surface area contributed by atoms with E-state index in [9.17, 15) is 14.7 Å². The smallest absolute Gasteiger partial charge is 0.260 e. The second-order valence-corrected chi connectivity index (χ2v) is 4.94. The number of nitrogens with one attached hydrogen (secondary N) is 3. The summed E-state index contributed by atoms with van der Waals surface area (Å²) in [6, 6.07) is 6.68. The maximum atomic E-state index is 12.2. The normalized spacial score (nSPS) is 11.5. The number of aliphatic hydroxyl groups is 1. The zero-order valence-electron chi connectivity index (χ0n) is 13.4. The van der Waals surface area contributed by atoms with Crippen molar-refractivity contribution < 1.29 is 19.4 Å². The van der Waals surface area contributed by atoms with Crippen LogP contribution in [0.5, 0.6) is 5.75 Å². The topological polar surface area (TPSA) is 112 Å². The minimum Gasteiger partial charge on any atom is -0.512 e. The van der Waals surface area contributed by atoms with Crippen molar-refractivity contribution in [1.82, 2.24) is 10.9 Å². The van der Waals surface area contributed by atoms with Crippen LogP contribution in [0.4, 0.5) is 5.69 Å². The van der Waals surface area contributed by atoms with Gasteiger partial charge in [-0.1, -0.05) is 0 Å². The molecule has 0 unspecified atom stereocenters. The zero-order valence-corrected chi connectivity index (χ0v) is 14.2. The molecule has 1 aromatic carbocycles. The second-order valence-electron chi connectivity index (χ2n) is 4.55. The van der Waals surface area contributed by atoms with Gasteiger partial charge in [0.05, 0.1) is 12.7 Å². The molecule has 0 aliphatic carbocycles. The van der Waals surface area contributed by atoms with Crippen LogP contribution in [0.1, 0.15) is 13.8 Å². The summed E-state index contributed by atoms with van der Waals surface area (Å²) in [5.74, 6) is -0.490. The summed E-state index contributed by atoms with van der Waals surface area (Å²) in [5, 5.41) is 12.2. The second kappa shape index (κ2) is 9.26. The molecule has 0 fully saturated rings. The molecule has 1 aromatic rings. The van der Waals surface area contributed by atoms with Crippen molar-refractivity contribution in [2.75, 3.05) is 12.4 Å². The van der Waals surface area contributed by atoms with E-state index in [0.29, 0.717) is 11.4 Å². The Balaban J connectivity index is 2.77. The van der Waals surface area contributed by atoms with Gasteiger partial charge < -0.3 is 15.2 Å². The van der Waals surface area contributed by atoms with Crippen LogP contribution in [-0.2, 0) is 9.59 Å². The minimum atomic E-state index is -0.564. The number of rotatable bonds is 4. The third-order valence-electron chi connectivity index (χ3n) is 2.64. The average Bonchev–Trinajstić information content (AvgIpc) is 2.53. The summed E-state index contributed by atoms with van der Waals surface area (Å²) in [6.45, 7) is 2.64. The van der Waals surface area contributed by atoms with Crippen molar-refractivity contribution in [1.29, 1.82) is 0 Å². The first-order chi connectivity index (χ1) is 11.3. The van der Waals surface area contributed by atoms with Crippen LogP contribution >= 0.6 is 12.2 Å². The highest BCUT2D eigenvalue weighted by Gasteiger charge is 2.12. The summed E-state index contributed by atoms with van der Waals surface area (Å²) < 4.78 is 5.03. The number of hydrogen-bond donors (Lipinski definition) is 4. The number of carbonyl (C=O) groups is 2. The van der Waals surface area contributed by atoms with E-state index in [2.05, 4.69) is 21.2 Å². The molecule has 0 radical (unpaired) electrons. The molecule has 0 bridgehead atoms. The van der Waals surface area contributed by atoms with E-state index in [1.54, 1.807) is 24.3 Å². The standard InChI is InChI=1S/C15H18N4O4S/c1-9(20)13(8-16-15(24)19-18-10(2)21)14(22)17-11-4-6-12(23-3)7-5-11/h4-8,20H,1-3H3,(H,17,22)(H,18,21)(H,19,24). The number of methoxy groups -OCH3 is 1. The average molecular weight is 350 g/mol. The number of benzene rings is 1. The molecule has 2 amide bonds. The first-order valence-corrected chi connectivity index (χ1v) is 7.20. The molecule has 8 nitrogen and oxygen atoms in total. The summed E-state index contributed by atoms with van der Waals surface area (Å²) in [7, 11) is 1.54. The fourth-order valence-corrected chi connectivity index (χ4v) is 1.59. The van der Waals surface area contributed by atoms with Gasteiger partial charge in [0.25, 0.3) is 5.91 Å². The molecule has 0 aliphatic heterocycles. The van der Waals surface area contributed by atoms with E-state index in [1.807, 2.05) is 0 Å². The van der Waals surface area contributed by atoms with Crippen LogP contribution in [0, 0.1) is 0 Å². The van der Waals surface area contributed by atoms with Crippen LogP contribution in [-0.4, -0.2) is 35.4 Å². The lowest BCUT2D eigenvalue weighted by atomic mass is 10.2. The predicted molar refractivity (Wildman–Crippen MR) is 95.0 cm³/mol. The number of amides is 2. The van der Waals surface area contributed by atoms with Crippen molar-refractivity contribution in [2.45, 2.75) is 13.8 Å². The molecule has 0 aromatic heterocycles. The van der Waals surface area contributed by atoms with Crippen molar-refractivity contribution >= 4 is 41.0 Å². The molecular weight excluding hydrogens is 332 g/mol. The van der Waals surface area contributed by atoms with E-state index in [-0.39, 0.29) is 22.4 Å². The van der Waals surface area contributed by atoms with Crippen molar-refractivity contribution in [3.63, 3.8) is 0 Å². The van der Waals surface area contributed by atoms with E-state index >= 15 is 0 Å². The third-order valence-corrected chi connectivity index (χ3v) is 2.85. The van der Waals surface area contributed by atoms with Crippen molar-refractivity contribution in [3.8, 4) is 5.75 Å². The lowest BCUT2D eigenvalue weighted by molar-refractivity contribution is -0.119. The van der Waals surface area contributed by atoms with E-state index < -0.39 is 5.91 Å². The summed E-state index contributed by atoms with van der Waals surface area (Å²) in [4.78, 5) is 26.7. The molecule has 0 spiro atoms. The minimum absolute atomic E-state index is 0.0683. The number of ether oxygens (including phenoxy) is 1. The van der Waals surface area contributed by atoms with E-state index in [0.717, 1.165) is 6.21 Å². The summed E-state index contributed by atoms with van der Waals surface area (Å²) in [5.41, 5.74) is 5.05. The van der Waals surface area contributed by atoms with E-state index in [1.165, 1.54) is 21.0 Å². The van der Waals surface area contributed by atoms with Gasteiger partial charge in [-0.25, -0.2) is 4.99 Å². The molecule has 0 atom stereocenters. The molecule has 1 rings (SSSR count). The van der Waals surface area contributed by atoms with E-state index in [4.69, 9.17) is 17.0 Å². The number of aliphatic hydroxyl groups excluding tert-OH is 1. The Morgan fingerprint density at radius 2 is 1.83 bits per heavy atom. The first kappa shape index (κ1) is 19.1. The Bertz CT molecular complexity index is 679. The number of hydrazine groups is 1. The third kappa shape index (κ3) is 6.44. The largest absolute Gasteiger partial charge is 0.512 e. The molecule has 4 N–H and O–H groups in total. The molecule has 0 saturated heterocycles. The number of nitrogens with zero attached hydrogens (tertiary/aromatic N) is 1. The van der Waals surface area contributed by atoms with Crippen LogP contribution < -0.4 is 20.9 Å². The van der Waals surface area contributed by atoms with Gasteiger partial charge in [0.15, 0.2) is 0 Å². The number of thiocarbonyl (C=S) groups is 1. The number of carbonyl (C=O) groups excluding carboxylic acids is 2. The molecule has 0 heterocycles. The van der Waals surface area contributed by atoms with Gasteiger partial charge in [-0.05, 0) is 43.4 Å². The van der Waals surface area contributed by atoms with Gasteiger partial charge in [-0.3, -0.25) is 20.4 Å². The lowest BCUT2D eigenvalue weighted by Crippen LogP contribution is -2.38. The summed E-state index contributed by atoms with van der Waals surface area (Å²) >= 11 is 4.85. The van der Waals surface area contributed by atoms with Crippen LogP contribution in [0.15, 0.2) is 40.6 Å². The van der Waals surface area contributed by atoms with Crippen LogP contribution in [0.25, 0.3) is 0 Å². The quantitative estimate of drug-likeness (QED) is 0.215. The van der Waals surface area contributed by atoms with Gasteiger partial charge in [0.2, 0.25) is 11.0 Å². The fraction of sp³-hybridized carbons (Fsp3) is 0.200. The molecule has 128 valence electrons. The number of allylic oxidation sites excluding steroid dienone is 1. The monoisotopic (exact) mass is 350 g/mol. The molecule has 24 heavy (non-hydrogen) atoms. The highest BCUT2D eigenvalue weighted by molar-refractivity contribution is 7.80. The lowest BCUT2D eigenvalue weighted by Gasteiger charge is -2.08. The maximum absolute atomic E-state index is 12.2. The SMILES string of the molecule is COc1ccc(NC(=O)C(C=NC(=S)NNC(C)=O)=C(C)O)cc1. The first-order valence-electron chi connectivity index (χ1n) is 6.79. The summed E-state index contributed by atoms with van der Waals surface area (Å²) in [6.07, 6.45) is 1.10. The Kier molecular flexibility index (Phi) is 7.37. The van der Waals surface area contributed by atoms with Gasteiger partial charge >= 0.3 is 0 Å². The van der Waals surface area contributed by atoms with Gasteiger partial charge in [0, 0.05) is 18.8 Å². The van der Waals surface area contributed by atoms with Gasteiger partial charge in [0.1, 0.15) is 11.5 Å². The Morgan fingerprint density at radius 1 is 1.21 bits per heavy atom. The number of hydrogen-bond acceptors (Lipinski definition) is 5. The maximum Gasteiger partial charge on any atom is 0.260 e. The van der Waals surface area contributed by atoms with Crippen LogP contribution in [0.3, 0.4) is 0 Å². The molecule has 9 heteroatoms. The molecular formula is C15H18N4O4S. The Morgan fingerprint density at radius 3 is 2.33 bits per heavy atom. The van der Waals surface area contributed by atoms with Crippen molar-refractivity contribution in [3.05, 3.63) is 35.6 Å². The van der Waals surface area contributed by atoms with Crippen LogP contribution in [0.2, 0.25) is 0 Å². The fourth-order valence-electron chi connectivity index (χ4n) is 1.49. The number of anilines is 1. The Labute approximate surface area is 144 Å². The highest BCUT2D eigenvalue weighted by atomic mass is 32.1. The zero-order chi connectivity index (χ0) is 18.1. The predicted octanol–water partition coefficient (Wildman–Crippen LogP) is 1.46. The van der Waals surface area contributed by atoms with Gasteiger partial charge in [-0.2, -0.15) is 0 Å². The van der Waals surface area contributed by atoms with Crippen molar-refractivity contribution in [2.24, 2.45) is 4.99 Å². The Hall–Kier alpha value is -2.94. The highest BCUT2D eigenvalue weighted by Crippen LogP contribution is 2.15. The molecule has 0 saturated carbocycles.